The summed E-state index contributed by atoms with van der Waals surface area (Å²) in [6.07, 6.45) is 5.14. The van der Waals surface area contributed by atoms with Crippen molar-refractivity contribution in [2.45, 2.75) is 39.3 Å². The van der Waals surface area contributed by atoms with Gasteiger partial charge in [0.15, 0.2) is 6.10 Å². The van der Waals surface area contributed by atoms with Gasteiger partial charge in [0, 0.05) is 25.1 Å². The van der Waals surface area contributed by atoms with Crippen molar-refractivity contribution in [2.24, 2.45) is 5.73 Å². The molecule has 2 rings (SSSR count). The monoisotopic (exact) mass is 454 g/mol. The van der Waals surface area contributed by atoms with E-state index in [4.69, 9.17) is 15.6 Å². The second-order valence-corrected chi connectivity index (χ2v) is 7.31. The lowest BCUT2D eigenvalue weighted by molar-refractivity contribution is -0.146. The first-order valence-corrected chi connectivity index (χ1v) is 10.1. The topological polar surface area (TPSA) is 149 Å². The number of hydrogen-bond acceptors (Lipinski definition) is 5. The molecule has 4 N–H and O–H groups in total. The van der Waals surface area contributed by atoms with Crippen LogP contribution in [0.25, 0.3) is 10.9 Å². The Labute approximate surface area is 190 Å². The Hall–Kier alpha value is -4.14. The number of primary amides is 1. The molecule has 1 aromatic heterocycles. The van der Waals surface area contributed by atoms with Crippen LogP contribution in [0.2, 0.25) is 0 Å². The highest BCUT2D eigenvalue weighted by Crippen LogP contribution is 2.35. The highest BCUT2D eigenvalue weighted by Gasteiger charge is 2.28. The number of ketones is 1. The predicted octanol–water partition coefficient (Wildman–Crippen LogP) is 3.00. The number of Topliss-reactive ketones (excluding diaryl/α,β-unsaturated/α-hetero) is 1. The smallest absolute Gasteiger partial charge is 0.344 e. The third kappa shape index (κ3) is 5.97. The highest BCUT2D eigenvalue weighted by molar-refractivity contribution is 6.45. The van der Waals surface area contributed by atoms with Gasteiger partial charge in [-0.2, -0.15) is 0 Å². The molecule has 0 spiro atoms. The number of allylic oxidation sites excluding steroid dienone is 5. The minimum absolute atomic E-state index is 0.000655. The van der Waals surface area contributed by atoms with E-state index < -0.39 is 36.2 Å². The Balaban J connectivity index is 2.65. The first-order chi connectivity index (χ1) is 15.6. The molecule has 2 aromatic rings. The summed E-state index contributed by atoms with van der Waals surface area (Å²) in [5, 5.41) is 18.6. The summed E-state index contributed by atoms with van der Waals surface area (Å²) < 4.78 is 7.39. The number of carboxylic acids is 2. The molecule has 0 bridgehead atoms. The normalized spacial score (nSPS) is 12.3. The second kappa shape index (κ2) is 10.9. The number of hydrogen-bond donors (Lipinski definition) is 3. The van der Waals surface area contributed by atoms with E-state index in [0.717, 1.165) is 0 Å². The highest BCUT2D eigenvalue weighted by atomic mass is 16.5. The van der Waals surface area contributed by atoms with E-state index in [1.54, 1.807) is 29.7 Å². The summed E-state index contributed by atoms with van der Waals surface area (Å²) >= 11 is 0. The Kier molecular flexibility index (Phi) is 8.33. The van der Waals surface area contributed by atoms with Crippen molar-refractivity contribution >= 4 is 34.5 Å². The molecule has 0 saturated carbocycles. The molecule has 33 heavy (non-hydrogen) atoms. The van der Waals surface area contributed by atoms with Crippen molar-refractivity contribution in [1.82, 2.24) is 4.57 Å². The molecule has 174 valence electrons. The number of carbonyl (C=O) groups excluding carboxylic acids is 2. The molecule has 0 radical (unpaired) electrons. The Morgan fingerprint density at radius 3 is 2.48 bits per heavy atom. The molecule has 0 fully saturated rings. The van der Waals surface area contributed by atoms with Gasteiger partial charge in [0.25, 0.3) is 11.7 Å². The molecule has 1 aromatic carbocycles. The van der Waals surface area contributed by atoms with Crippen molar-refractivity contribution < 1.29 is 34.1 Å². The summed E-state index contributed by atoms with van der Waals surface area (Å²) in [5.74, 6) is -4.60. The minimum Gasteiger partial charge on any atom is -0.481 e. The zero-order chi connectivity index (χ0) is 24.7. The molecule has 1 heterocycles. The van der Waals surface area contributed by atoms with E-state index in [1.807, 2.05) is 25.2 Å². The summed E-state index contributed by atoms with van der Waals surface area (Å²) in [6.45, 7) is 7.81. The summed E-state index contributed by atoms with van der Waals surface area (Å²) in [7, 11) is 0. The number of benzene rings is 1. The van der Waals surface area contributed by atoms with Crippen LogP contribution in [0.5, 0.6) is 5.75 Å². The second-order valence-electron chi connectivity index (χ2n) is 7.31. The molecule has 1 atom stereocenters. The van der Waals surface area contributed by atoms with Gasteiger partial charge in [-0.05, 0) is 31.6 Å². The summed E-state index contributed by atoms with van der Waals surface area (Å²) in [4.78, 5) is 47.0. The van der Waals surface area contributed by atoms with E-state index in [9.17, 15) is 24.3 Å². The van der Waals surface area contributed by atoms with Crippen LogP contribution in [0.4, 0.5) is 0 Å². The molecule has 0 aliphatic rings. The first-order valence-electron chi connectivity index (χ1n) is 10.1. The molecule has 9 nitrogen and oxygen atoms in total. The number of fused-ring (bicyclic) bond motifs is 1. The molecule has 9 heteroatoms. The number of nitrogens with zero attached hydrogens (tertiary/aromatic N) is 1. The summed E-state index contributed by atoms with van der Waals surface area (Å²) in [5.41, 5.74) is 6.92. The first kappa shape index (κ1) is 25.1. The quantitative estimate of drug-likeness (QED) is 0.253. The molecule has 0 aliphatic carbocycles. The number of amides is 1. The van der Waals surface area contributed by atoms with E-state index in [1.165, 1.54) is 6.07 Å². The van der Waals surface area contributed by atoms with Gasteiger partial charge in [-0.15, -0.1) is 0 Å². The standard InChI is InChI=1S/C24H26N2O7/c1-4-5-6-8-14(2)13-26-15(3)20(22(29)23(25)30)21-16(26)9-7-10-17(21)33-18(24(31)32)11-12-19(27)28/h4-10,18H,2,11-13H2,1,3H3,(H2,25,30)(H,27,28)(H,31,32)/b5-4-,8-6-. The molecule has 0 aliphatic heterocycles. The van der Waals surface area contributed by atoms with Gasteiger partial charge in [-0.25, -0.2) is 4.79 Å². The van der Waals surface area contributed by atoms with E-state index >= 15 is 0 Å². The lowest BCUT2D eigenvalue weighted by Crippen LogP contribution is -2.28. The minimum atomic E-state index is -1.47. The molecular weight excluding hydrogens is 428 g/mol. The van der Waals surface area contributed by atoms with Crippen molar-refractivity contribution in [2.75, 3.05) is 0 Å². The van der Waals surface area contributed by atoms with Crippen LogP contribution in [0.3, 0.4) is 0 Å². The Bertz CT molecular complexity index is 1170. The Morgan fingerprint density at radius 1 is 1.21 bits per heavy atom. The fraction of sp³-hybridized carbons (Fsp3) is 0.250. The number of aromatic nitrogens is 1. The van der Waals surface area contributed by atoms with Gasteiger partial charge in [0.05, 0.1) is 16.5 Å². The van der Waals surface area contributed by atoms with Crippen LogP contribution in [-0.4, -0.2) is 44.5 Å². The fourth-order valence-corrected chi connectivity index (χ4v) is 3.39. The summed E-state index contributed by atoms with van der Waals surface area (Å²) in [6, 6.07) is 4.77. The number of aliphatic carboxylic acids is 2. The van der Waals surface area contributed by atoms with Gasteiger partial charge >= 0.3 is 11.9 Å². The van der Waals surface area contributed by atoms with Crippen LogP contribution in [-0.2, 0) is 20.9 Å². The van der Waals surface area contributed by atoms with Crippen LogP contribution in [0, 0.1) is 6.92 Å². The average Bonchev–Trinajstić information content (AvgIpc) is 3.02. The zero-order valence-electron chi connectivity index (χ0n) is 18.4. The maximum atomic E-state index is 12.7. The van der Waals surface area contributed by atoms with Crippen LogP contribution in [0.1, 0.15) is 35.8 Å². The SMILES string of the molecule is C=C(/C=C\C=C/C)Cn1c(C)c(C(=O)C(N)=O)c2c(OC(CCC(=O)O)C(=O)O)cccc21. The average molecular weight is 454 g/mol. The fourth-order valence-electron chi connectivity index (χ4n) is 3.39. The van der Waals surface area contributed by atoms with Crippen LogP contribution in [0.15, 0.2) is 54.7 Å². The number of carbonyl (C=O) groups is 4. The third-order valence-corrected chi connectivity index (χ3v) is 4.92. The third-order valence-electron chi connectivity index (χ3n) is 4.92. The maximum absolute atomic E-state index is 12.7. The van der Waals surface area contributed by atoms with E-state index in [-0.39, 0.29) is 29.7 Å². The molecule has 1 amide bonds. The van der Waals surface area contributed by atoms with Crippen LogP contribution < -0.4 is 10.5 Å². The maximum Gasteiger partial charge on any atom is 0.344 e. The number of rotatable bonds is 12. The largest absolute Gasteiger partial charge is 0.481 e. The number of carboxylic acid groups (broad SMARTS) is 2. The molecule has 0 saturated heterocycles. The van der Waals surface area contributed by atoms with E-state index in [0.29, 0.717) is 16.8 Å². The molecule has 1 unspecified atom stereocenters. The number of ether oxygens (including phenoxy) is 1. The van der Waals surface area contributed by atoms with Crippen LogP contribution >= 0.6 is 0 Å². The lowest BCUT2D eigenvalue weighted by atomic mass is 10.1. The number of nitrogens with two attached hydrogens (primary N) is 1. The molecular formula is C24H26N2O7. The van der Waals surface area contributed by atoms with Gasteiger partial charge < -0.3 is 25.3 Å². The van der Waals surface area contributed by atoms with Crippen molar-refractivity contribution in [3.63, 3.8) is 0 Å². The van der Waals surface area contributed by atoms with Crippen molar-refractivity contribution in [1.29, 1.82) is 0 Å². The van der Waals surface area contributed by atoms with Gasteiger partial charge in [0.2, 0.25) is 0 Å². The van der Waals surface area contributed by atoms with Gasteiger partial charge in [-0.1, -0.05) is 36.9 Å². The van der Waals surface area contributed by atoms with E-state index in [2.05, 4.69) is 6.58 Å². The van der Waals surface area contributed by atoms with Gasteiger partial charge in [0.1, 0.15) is 5.75 Å². The zero-order valence-corrected chi connectivity index (χ0v) is 18.4. The van der Waals surface area contributed by atoms with Crippen molar-refractivity contribution in [3.8, 4) is 5.75 Å². The van der Waals surface area contributed by atoms with Gasteiger partial charge in [-0.3, -0.25) is 14.4 Å². The predicted molar refractivity (Wildman–Crippen MR) is 122 cm³/mol. The lowest BCUT2D eigenvalue weighted by Gasteiger charge is -2.16. The Morgan fingerprint density at radius 2 is 1.91 bits per heavy atom. The van der Waals surface area contributed by atoms with Crippen molar-refractivity contribution in [3.05, 3.63) is 65.9 Å².